The molecule has 0 saturated carbocycles. The fourth-order valence-electron chi connectivity index (χ4n) is 2.78. The second kappa shape index (κ2) is 7.00. The van der Waals surface area contributed by atoms with Crippen molar-refractivity contribution in [2.45, 2.75) is 32.2 Å². The van der Waals surface area contributed by atoms with Gasteiger partial charge in [0.1, 0.15) is 5.82 Å². The number of imidazole rings is 1. The van der Waals surface area contributed by atoms with Crippen LogP contribution in [0.3, 0.4) is 0 Å². The zero-order chi connectivity index (χ0) is 18.9. The van der Waals surface area contributed by atoms with Crippen molar-refractivity contribution in [1.82, 2.24) is 29.0 Å². The maximum absolute atomic E-state index is 12.4. The molecular weight excluding hydrogens is 352 g/mol. The van der Waals surface area contributed by atoms with E-state index in [9.17, 15) is 8.42 Å². The normalized spacial score (nSPS) is 11.8. The van der Waals surface area contributed by atoms with Crippen LogP contribution in [0.1, 0.15) is 22.8 Å². The summed E-state index contributed by atoms with van der Waals surface area (Å²) in [6.07, 6.45) is 3.76. The first-order valence-corrected chi connectivity index (χ1v) is 9.74. The summed E-state index contributed by atoms with van der Waals surface area (Å²) in [5.74, 6) is 1.39. The summed E-state index contributed by atoms with van der Waals surface area (Å²) < 4.78 is 30.8. The Morgan fingerprint density at radius 2 is 1.96 bits per heavy atom. The third kappa shape index (κ3) is 3.54. The molecule has 3 aromatic rings. The average molecular weight is 374 g/mol. The van der Waals surface area contributed by atoms with Crippen LogP contribution in [0.5, 0.6) is 0 Å². The molecule has 0 fully saturated rings. The molecule has 138 valence electrons. The number of aryl methyl sites for hydroxylation is 3. The van der Waals surface area contributed by atoms with Gasteiger partial charge in [-0.05, 0) is 44.9 Å². The Hall–Kier alpha value is -2.52. The van der Waals surface area contributed by atoms with E-state index >= 15 is 0 Å². The lowest BCUT2D eigenvalue weighted by atomic mass is 10.1. The Morgan fingerprint density at radius 1 is 1.19 bits per heavy atom. The van der Waals surface area contributed by atoms with Gasteiger partial charge in [0.15, 0.2) is 10.8 Å². The summed E-state index contributed by atoms with van der Waals surface area (Å²) in [7, 11) is -1.86. The standard InChI is InChI=1S/C17H22N6O2S/c1-12-15(13(2)23(21-12)16-7-5-6-9-18-16)8-10-19-26(24,25)17-11-22(4)14(3)20-17/h5-7,9,11,19H,8,10H2,1-4H3. The molecule has 0 aliphatic carbocycles. The zero-order valence-corrected chi connectivity index (χ0v) is 16.1. The number of sulfonamides is 1. The van der Waals surface area contributed by atoms with E-state index in [0.29, 0.717) is 12.2 Å². The van der Waals surface area contributed by atoms with E-state index in [4.69, 9.17) is 0 Å². The number of nitrogens with zero attached hydrogens (tertiary/aromatic N) is 5. The van der Waals surface area contributed by atoms with Crippen molar-refractivity contribution in [2.24, 2.45) is 7.05 Å². The number of rotatable bonds is 6. The number of aromatic nitrogens is 5. The maximum atomic E-state index is 12.4. The first-order chi connectivity index (χ1) is 12.3. The van der Waals surface area contributed by atoms with Crippen molar-refractivity contribution in [3.63, 3.8) is 0 Å². The van der Waals surface area contributed by atoms with Gasteiger partial charge in [0.2, 0.25) is 0 Å². The van der Waals surface area contributed by atoms with Crippen molar-refractivity contribution < 1.29 is 8.42 Å². The Kier molecular flexibility index (Phi) is 4.92. The van der Waals surface area contributed by atoms with E-state index in [1.54, 1.807) is 29.4 Å². The van der Waals surface area contributed by atoms with Crippen LogP contribution in [0, 0.1) is 20.8 Å². The maximum Gasteiger partial charge on any atom is 0.259 e. The summed E-state index contributed by atoms with van der Waals surface area (Å²) >= 11 is 0. The first kappa shape index (κ1) is 18.3. The summed E-state index contributed by atoms with van der Waals surface area (Å²) in [5.41, 5.74) is 2.82. The van der Waals surface area contributed by atoms with Crippen molar-refractivity contribution in [2.75, 3.05) is 6.54 Å². The lowest BCUT2D eigenvalue weighted by molar-refractivity contribution is 0.578. The molecule has 9 heteroatoms. The zero-order valence-electron chi connectivity index (χ0n) is 15.3. The van der Waals surface area contributed by atoms with Crippen LogP contribution in [-0.4, -0.2) is 39.3 Å². The second-order valence-corrected chi connectivity index (χ2v) is 7.85. The molecule has 0 bridgehead atoms. The van der Waals surface area contributed by atoms with Gasteiger partial charge in [-0.2, -0.15) is 5.10 Å². The molecular formula is C17H22N6O2S. The SMILES string of the molecule is Cc1nn(-c2ccccn2)c(C)c1CCNS(=O)(=O)c1cn(C)c(C)n1. The summed E-state index contributed by atoms with van der Waals surface area (Å²) in [4.78, 5) is 8.39. The van der Waals surface area contributed by atoms with E-state index in [0.717, 1.165) is 22.8 Å². The molecule has 26 heavy (non-hydrogen) atoms. The van der Waals surface area contributed by atoms with E-state index in [2.05, 4.69) is 19.8 Å². The largest absolute Gasteiger partial charge is 0.337 e. The summed E-state index contributed by atoms with van der Waals surface area (Å²) in [5, 5.41) is 4.57. The predicted molar refractivity (Wildman–Crippen MR) is 97.7 cm³/mol. The van der Waals surface area contributed by atoms with Crippen LogP contribution in [0.4, 0.5) is 0 Å². The second-order valence-electron chi connectivity index (χ2n) is 6.13. The van der Waals surface area contributed by atoms with E-state index in [1.165, 1.54) is 6.20 Å². The van der Waals surface area contributed by atoms with E-state index in [1.807, 2.05) is 32.0 Å². The molecule has 0 spiro atoms. The Morgan fingerprint density at radius 3 is 2.58 bits per heavy atom. The molecule has 0 atom stereocenters. The molecule has 0 amide bonds. The molecule has 0 saturated heterocycles. The smallest absolute Gasteiger partial charge is 0.259 e. The molecule has 3 aromatic heterocycles. The van der Waals surface area contributed by atoms with E-state index < -0.39 is 10.0 Å². The third-order valence-corrected chi connectivity index (χ3v) is 5.67. The van der Waals surface area contributed by atoms with Crippen molar-refractivity contribution in [1.29, 1.82) is 0 Å². The number of hydrogen-bond acceptors (Lipinski definition) is 5. The van der Waals surface area contributed by atoms with Gasteiger partial charge in [0, 0.05) is 31.7 Å². The lowest BCUT2D eigenvalue weighted by Crippen LogP contribution is -2.26. The molecule has 0 unspecified atom stereocenters. The topological polar surface area (TPSA) is 94.7 Å². The van der Waals surface area contributed by atoms with Gasteiger partial charge in [0.25, 0.3) is 10.0 Å². The minimum absolute atomic E-state index is 0.0372. The van der Waals surface area contributed by atoms with Crippen LogP contribution in [0.15, 0.2) is 35.6 Å². The van der Waals surface area contributed by atoms with Gasteiger partial charge in [-0.1, -0.05) is 6.07 Å². The third-order valence-electron chi connectivity index (χ3n) is 4.34. The van der Waals surface area contributed by atoms with Gasteiger partial charge in [-0.3, -0.25) is 0 Å². The van der Waals surface area contributed by atoms with Gasteiger partial charge in [-0.15, -0.1) is 0 Å². The van der Waals surface area contributed by atoms with Gasteiger partial charge >= 0.3 is 0 Å². The van der Waals surface area contributed by atoms with Gasteiger partial charge < -0.3 is 4.57 Å². The van der Waals surface area contributed by atoms with Gasteiger partial charge in [0.05, 0.1) is 5.69 Å². The quantitative estimate of drug-likeness (QED) is 0.705. The molecule has 0 aliphatic rings. The highest BCUT2D eigenvalue weighted by Crippen LogP contribution is 2.17. The number of nitrogens with one attached hydrogen (secondary N) is 1. The first-order valence-electron chi connectivity index (χ1n) is 8.25. The minimum Gasteiger partial charge on any atom is -0.337 e. The molecule has 8 nitrogen and oxygen atoms in total. The fraction of sp³-hybridized carbons (Fsp3) is 0.353. The van der Waals surface area contributed by atoms with Crippen LogP contribution < -0.4 is 4.72 Å². The average Bonchev–Trinajstić information content (AvgIpc) is 3.09. The van der Waals surface area contributed by atoms with Gasteiger partial charge in [-0.25, -0.2) is 27.8 Å². The molecule has 0 aliphatic heterocycles. The fourth-order valence-corrected chi connectivity index (χ4v) is 3.85. The Balaban J connectivity index is 1.73. The highest BCUT2D eigenvalue weighted by Gasteiger charge is 2.19. The van der Waals surface area contributed by atoms with Crippen LogP contribution >= 0.6 is 0 Å². The lowest BCUT2D eigenvalue weighted by Gasteiger charge is -2.06. The molecule has 3 rings (SSSR count). The molecule has 3 heterocycles. The monoisotopic (exact) mass is 374 g/mol. The van der Waals surface area contributed by atoms with Crippen molar-refractivity contribution in [3.05, 3.63) is 53.4 Å². The highest BCUT2D eigenvalue weighted by atomic mass is 32.2. The van der Waals surface area contributed by atoms with Crippen molar-refractivity contribution in [3.8, 4) is 5.82 Å². The minimum atomic E-state index is -3.62. The Labute approximate surface area is 153 Å². The van der Waals surface area contributed by atoms with Crippen molar-refractivity contribution >= 4 is 10.0 Å². The van der Waals surface area contributed by atoms with Crippen LogP contribution in [-0.2, 0) is 23.5 Å². The highest BCUT2D eigenvalue weighted by molar-refractivity contribution is 7.89. The Bertz CT molecular complexity index is 1000. The van der Waals surface area contributed by atoms with E-state index in [-0.39, 0.29) is 11.6 Å². The number of pyridine rings is 1. The molecule has 0 radical (unpaired) electrons. The predicted octanol–water partition coefficient (Wildman–Crippen LogP) is 1.45. The van der Waals surface area contributed by atoms with Crippen LogP contribution in [0.25, 0.3) is 5.82 Å². The summed E-state index contributed by atoms with van der Waals surface area (Å²) in [6.45, 7) is 5.91. The molecule has 0 aromatic carbocycles. The van der Waals surface area contributed by atoms with Crippen LogP contribution in [0.2, 0.25) is 0 Å². The summed E-state index contributed by atoms with van der Waals surface area (Å²) in [6, 6.07) is 5.64. The molecule has 1 N–H and O–H groups in total. The number of hydrogen-bond donors (Lipinski definition) is 1.